The predicted octanol–water partition coefficient (Wildman–Crippen LogP) is 6.22. The van der Waals surface area contributed by atoms with Gasteiger partial charge in [-0.15, -0.1) is 0 Å². The van der Waals surface area contributed by atoms with Gasteiger partial charge in [-0.05, 0) is 80.3 Å². The molecule has 2 N–H and O–H groups in total. The molecular weight excluding hydrogens is 416 g/mol. The number of nitrogens with one attached hydrogen (secondary N) is 2. The molecule has 2 aromatic carbocycles. The van der Waals surface area contributed by atoms with Gasteiger partial charge in [-0.1, -0.05) is 23.7 Å². The van der Waals surface area contributed by atoms with Crippen molar-refractivity contribution in [3.05, 3.63) is 53.1 Å². The van der Waals surface area contributed by atoms with Crippen molar-refractivity contribution in [1.82, 2.24) is 0 Å². The molecule has 0 spiro atoms. The van der Waals surface area contributed by atoms with Crippen LogP contribution in [0.3, 0.4) is 0 Å². The van der Waals surface area contributed by atoms with E-state index in [0.29, 0.717) is 47.0 Å². The van der Waals surface area contributed by atoms with Crippen LogP contribution in [0.15, 0.2) is 42.5 Å². The molecule has 1 aliphatic carbocycles. The van der Waals surface area contributed by atoms with E-state index in [-0.39, 0.29) is 12.0 Å². The summed E-state index contributed by atoms with van der Waals surface area (Å²) in [5.41, 5.74) is 2.47. The summed E-state index contributed by atoms with van der Waals surface area (Å²) in [6.07, 6.45) is 4.72. The molecule has 0 bridgehead atoms. The number of hydrogen-bond donors (Lipinski definition) is 2. The summed E-state index contributed by atoms with van der Waals surface area (Å²) in [7, 11) is 1.54. The Kier molecular flexibility index (Phi) is 8.18. The van der Waals surface area contributed by atoms with Crippen molar-refractivity contribution >= 4 is 35.0 Å². The third kappa shape index (κ3) is 6.62. The Morgan fingerprint density at radius 3 is 2.39 bits per heavy atom. The fraction of sp³-hybridized carbons (Fsp3) is 0.417. The van der Waals surface area contributed by atoms with E-state index in [0.717, 1.165) is 25.7 Å². The third-order valence-corrected chi connectivity index (χ3v) is 5.89. The summed E-state index contributed by atoms with van der Waals surface area (Å²) in [5.74, 6) is 1.35. The topological polar surface area (TPSA) is 76.7 Å². The van der Waals surface area contributed by atoms with E-state index >= 15 is 0 Å². The first-order valence-electron chi connectivity index (χ1n) is 10.7. The second-order valence-corrected chi connectivity index (χ2v) is 8.21. The highest BCUT2D eigenvalue weighted by Gasteiger charge is 2.24. The summed E-state index contributed by atoms with van der Waals surface area (Å²) in [6, 6.07) is 12.6. The number of halogens is 1. The predicted molar refractivity (Wildman–Crippen MR) is 123 cm³/mol. The lowest BCUT2D eigenvalue weighted by Gasteiger charge is -2.28. The molecule has 0 atom stereocenters. The van der Waals surface area contributed by atoms with E-state index in [1.54, 1.807) is 18.2 Å². The number of carbonyl (C=O) groups is 2. The van der Waals surface area contributed by atoms with Gasteiger partial charge in [-0.3, -0.25) is 4.79 Å². The highest BCUT2D eigenvalue weighted by molar-refractivity contribution is 6.31. The minimum absolute atomic E-state index is 0.0879. The van der Waals surface area contributed by atoms with Crippen molar-refractivity contribution in [2.45, 2.75) is 44.9 Å². The van der Waals surface area contributed by atoms with Crippen molar-refractivity contribution in [3.63, 3.8) is 0 Å². The Bertz CT molecular complexity index is 893. The summed E-state index contributed by atoms with van der Waals surface area (Å²) in [4.78, 5) is 24.0. The van der Waals surface area contributed by atoms with Gasteiger partial charge in [0.1, 0.15) is 5.75 Å². The first kappa shape index (κ1) is 22.9. The number of anilines is 2. The van der Waals surface area contributed by atoms with Crippen LogP contribution in [0.1, 0.15) is 50.5 Å². The Morgan fingerprint density at radius 2 is 1.74 bits per heavy atom. The van der Waals surface area contributed by atoms with Crippen LogP contribution < -0.4 is 15.4 Å². The van der Waals surface area contributed by atoms with Crippen LogP contribution in [0, 0.1) is 5.92 Å². The average Bonchev–Trinajstić information content (AvgIpc) is 2.75. The molecule has 0 radical (unpaired) electrons. The highest BCUT2D eigenvalue weighted by atomic mass is 35.5. The molecule has 31 heavy (non-hydrogen) atoms. The molecular formula is C24H29ClN2O4. The average molecular weight is 445 g/mol. The number of benzene rings is 2. The maximum atomic E-state index is 12.4. The van der Waals surface area contributed by atoms with Crippen LogP contribution in [0.2, 0.25) is 5.02 Å². The fourth-order valence-corrected chi connectivity index (χ4v) is 4.23. The van der Waals surface area contributed by atoms with Gasteiger partial charge >= 0.3 is 12.0 Å². The number of urea groups is 1. The molecule has 0 aliphatic heterocycles. The maximum Gasteiger partial charge on any atom is 0.323 e. The van der Waals surface area contributed by atoms with Gasteiger partial charge in [0.25, 0.3) is 0 Å². The number of esters is 1. The van der Waals surface area contributed by atoms with Gasteiger partial charge in [0.05, 0.1) is 19.4 Å². The Balaban J connectivity index is 1.51. The van der Waals surface area contributed by atoms with Crippen molar-refractivity contribution in [2.24, 2.45) is 5.92 Å². The number of amides is 2. The molecule has 0 heterocycles. The monoisotopic (exact) mass is 444 g/mol. The fourth-order valence-electron chi connectivity index (χ4n) is 4.06. The lowest BCUT2D eigenvalue weighted by molar-refractivity contribution is -0.144. The van der Waals surface area contributed by atoms with Crippen molar-refractivity contribution < 1.29 is 19.1 Å². The number of hydrogen-bond acceptors (Lipinski definition) is 4. The molecule has 3 rings (SSSR count). The summed E-state index contributed by atoms with van der Waals surface area (Å²) < 4.78 is 10.3. The second-order valence-electron chi connectivity index (χ2n) is 7.77. The van der Waals surface area contributed by atoms with Gasteiger partial charge in [0.15, 0.2) is 0 Å². The first-order chi connectivity index (χ1) is 15.0. The van der Waals surface area contributed by atoms with Crippen molar-refractivity contribution in [1.29, 1.82) is 0 Å². The lowest BCUT2D eigenvalue weighted by Crippen LogP contribution is -2.20. The zero-order valence-corrected chi connectivity index (χ0v) is 18.7. The van der Waals surface area contributed by atoms with E-state index in [4.69, 9.17) is 21.1 Å². The van der Waals surface area contributed by atoms with Crippen LogP contribution in [0.25, 0.3) is 0 Å². The van der Waals surface area contributed by atoms with E-state index < -0.39 is 0 Å². The molecule has 2 aromatic rings. The number of ether oxygens (including phenoxy) is 2. The summed E-state index contributed by atoms with van der Waals surface area (Å²) in [6.45, 7) is 2.28. The molecule has 1 aliphatic rings. The van der Waals surface area contributed by atoms with Crippen LogP contribution in [0.5, 0.6) is 5.75 Å². The number of rotatable bonds is 7. The zero-order valence-electron chi connectivity index (χ0n) is 17.9. The molecule has 1 saturated carbocycles. The summed E-state index contributed by atoms with van der Waals surface area (Å²) in [5, 5.41) is 6.10. The number of methoxy groups -OCH3 is 1. The summed E-state index contributed by atoms with van der Waals surface area (Å²) >= 11 is 6.01. The van der Waals surface area contributed by atoms with Crippen LogP contribution in [-0.4, -0.2) is 25.7 Å². The van der Waals surface area contributed by atoms with Gasteiger partial charge < -0.3 is 20.1 Å². The van der Waals surface area contributed by atoms with Crippen LogP contribution in [-0.2, 0) is 9.53 Å². The molecule has 0 aromatic heterocycles. The third-order valence-electron chi connectivity index (χ3n) is 5.66. The normalized spacial score (nSPS) is 18.2. The number of carbonyl (C=O) groups excluding carboxylic acids is 2. The van der Waals surface area contributed by atoms with E-state index in [1.807, 2.05) is 19.1 Å². The molecule has 0 saturated heterocycles. The van der Waals surface area contributed by atoms with Crippen molar-refractivity contribution in [3.8, 4) is 5.75 Å². The minimum Gasteiger partial charge on any atom is -0.495 e. The SMILES string of the molecule is CCOC(=O)CC1CCC(c2ccc(NC(=O)Nc3cc(Cl)ccc3OC)cc2)CC1. The molecule has 2 amide bonds. The Hall–Kier alpha value is -2.73. The smallest absolute Gasteiger partial charge is 0.323 e. The van der Waals surface area contributed by atoms with Gasteiger partial charge in [-0.25, -0.2) is 4.79 Å². The Labute approximate surface area is 188 Å². The molecule has 7 heteroatoms. The molecule has 1 fully saturated rings. The molecule has 166 valence electrons. The van der Waals surface area contributed by atoms with Gasteiger partial charge in [0.2, 0.25) is 0 Å². The van der Waals surface area contributed by atoms with E-state index in [2.05, 4.69) is 22.8 Å². The quantitative estimate of drug-likeness (QED) is 0.497. The highest BCUT2D eigenvalue weighted by Crippen LogP contribution is 2.37. The zero-order chi connectivity index (χ0) is 22.2. The largest absolute Gasteiger partial charge is 0.495 e. The molecule has 0 unspecified atom stereocenters. The Morgan fingerprint density at radius 1 is 1.03 bits per heavy atom. The standard InChI is InChI=1S/C24H29ClN2O4/c1-3-31-23(28)14-16-4-6-17(7-5-16)18-8-11-20(12-9-18)26-24(29)27-21-15-19(25)10-13-22(21)30-2/h8-13,15-17H,3-7,14H2,1-2H3,(H2,26,27,29). The van der Waals surface area contributed by atoms with E-state index in [9.17, 15) is 9.59 Å². The first-order valence-corrected chi connectivity index (χ1v) is 11.0. The molecule has 6 nitrogen and oxygen atoms in total. The second kappa shape index (κ2) is 11.0. The van der Waals surface area contributed by atoms with E-state index in [1.165, 1.54) is 12.7 Å². The minimum atomic E-state index is -0.368. The van der Waals surface area contributed by atoms with Crippen molar-refractivity contribution in [2.75, 3.05) is 24.4 Å². The van der Waals surface area contributed by atoms with Crippen LogP contribution >= 0.6 is 11.6 Å². The lowest BCUT2D eigenvalue weighted by atomic mass is 9.77. The van der Waals surface area contributed by atoms with Crippen LogP contribution in [0.4, 0.5) is 16.2 Å². The van der Waals surface area contributed by atoms with Gasteiger partial charge in [0, 0.05) is 17.1 Å². The maximum absolute atomic E-state index is 12.4. The van der Waals surface area contributed by atoms with Gasteiger partial charge in [-0.2, -0.15) is 0 Å².